The summed E-state index contributed by atoms with van der Waals surface area (Å²) in [5, 5.41) is 21.6. The summed E-state index contributed by atoms with van der Waals surface area (Å²) in [4.78, 5) is 0. The Balaban J connectivity index is 0. The van der Waals surface area contributed by atoms with Crippen molar-refractivity contribution in [1.82, 2.24) is 0 Å². The molecular weight excluding hydrogens is 164 g/mol. The quantitative estimate of drug-likeness (QED) is 0.264. The standard InChI is InChI=1S/C4H8N2O2.Fe/c1-3(5-7)4(2)6-8;/h7-8H,1-2H3;/q;+2. The molecule has 0 bridgehead atoms. The minimum atomic E-state index is 0. The number of hydrogen-bond donors (Lipinski definition) is 2. The van der Waals surface area contributed by atoms with E-state index in [-0.39, 0.29) is 17.1 Å². The molecule has 52 valence electrons. The Hall–Kier alpha value is -0.541. The van der Waals surface area contributed by atoms with Crippen LogP contribution in [0.4, 0.5) is 0 Å². The summed E-state index contributed by atoms with van der Waals surface area (Å²) in [6, 6.07) is 0. The average molecular weight is 172 g/mol. The van der Waals surface area contributed by atoms with Crippen LogP contribution in [0.2, 0.25) is 0 Å². The van der Waals surface area contributed by atoms with Crippen LogP contribution < -0.4 is 0 Å². The molecule has 5 heteroatoms. The Morgan fingerprint density at radius 1 is 1.00 bits per heavy atom. The van der Waals surface area contributed by atoms with Crippen LogP contribution >= 0.6 is 0 Å². The molecule has 0 rings (SSSR count). The molecule has 0 radical (unpaired) electrons. The first-order valence-corrected chi connectivity index (χ1v) is 2.10. The number of nitrogens with zero attached hydrogens (tertiary/aromatic N) is 2. The Kier molecular flexibility index (Phi) is 7.01. The maximum Gasteiger partial charge on any atom is 2.00 e. The molecule has 0 fully saturated rings. The molecule has 0 aliphatic heterocycles. The van der Waals surface area contributed by atoms with E-state index in [9.17, 15) is 0 Å². The van der Waals surface area contributed by atoms with Crippen LogP contribution in [0.15, 0.2) is 10.3 Å². The van der Waals surface area contributed by atoms with Gasteiger partial charge in [0.05, 0.1) is 0 Å². The van der Waals surface area contributed by atoms with E-state index >= 15 is 0 Å². The molecule has 0 aromatic carbocycles. The molecule has 4 nitrogen and oxygen atoms in total. The molecule has 0 amide bonds. The van der Waals surface area contributed by atoms with E-state index in [4.69, 9.17) is 10.4 Å². The summed E-state index contributed by atoms with van der Waals surface area (Å²) in [6.07, 6.45) is 0. The van der Waals surface area contributed by atoms with Gasteiger partial charge >= 0.3 is 17.1 Å². The number of oxime groups is 2. The monoisotopic (exact) mass is 172 g/mol. The van der Waals surface area contributed by atoms with Gasteiger partial charge in [0.2, 0.25) is 0 Å². The second kappa shape index (κ2) is 5.59. The third-order valence-electron chi connectivity index (χ3n) is 0.824. The van der Waals surface area contributed by atoms with Gasteiger partial charge in [0, 0.05) is 0 Å². The van der Waals surface area contributed by atoms with Crippen molar-refractivity contribution in [3.63, 3.8) is 0 Å². The molecule has 0 spiro atoms. The van der Waals surface area contributed by atoms with Crippen molar-refractivity contribution in [3.8, 4) is 0 Å². The van der Waals surface area contributed by atoms with Crippen molar-refractivity contribution < 1.29 is 27.5 Å². The van der Waals surface area contributed by atoms with Crippen LogP contribution in [0.25, 0.3) is 0 Å². The van der Waals surface area contributed by atoms with Crippen molar-refractivity contribution in [3.05, 3.63) is 0 Å². The predicted octanol–water partition coefficient (Wildman–Crippen LogP) is 0.684. The van der Waals surface area contributed by atoms with E-state index in [0.717, 1.165) is 0 Å². The van der Waals surface area contributed by atoms with Gasteiger partial charge in [-0.05, 0) is 13.8 Å². The van der Waals surface area contributed by atoms with Crippen LogP contribution in [0.1, 0.15) is 13.8 Å². The minimum Gasteiger partial charge on any atom is -0.411 e. The zero-order valence-corrected chi connectivity index (χ0v) is 6.25. The first kappa shape index (κ1) is 11.3. The van der Waals surface area contributed by atoms with Gasteiger partial charge in [0.15, 0.2) is 0 Å². The van der Waals surface area contributed by atoms with E-state index in [1.54, 1.807) is 0 Å². The van der Waals surface area contributed by atoms with Crippen molar-refractivity contribution in [1.29, 1.82) is 0 Å². The zero-order valence-electron chi connectivity index (χ0n) is 5.14. The van der Waals surface area contributed by atoms with Gasteiger partial charge in [-0.1, -0.05) is 10.3 Å². The first-order valence-electron chi connectivity index (χ1n) is 2.10. The third kappa shape index (κ3) is 4.00. The van der Waals surface area contributed by atoms with Crippen molar-refractivity contribution in [2.75, 3.05) is 0 Å². The van der Waals surface area contributed by atoms with Gasteiger partial charge < -0.3 is 10.4 Å². The van der Waals surface area contributed by atoms with Gasteiger partial charge in [0.25, 0.3) is 0 Å². The second-order valence-corrected chi connectivity index (χ2v) is 1.37. The summed E-state index contributed by atoms with van der Waals surface area (Å²) >= 11 is 0. The van der Waals surface area contributed by atoms with Crippen LogP contribution in [0.5, 0.6) is 0 Å². The molecule has 0 atom stereocenters. The zero-order chi connectivity index (χ0) is 6.57. The Labute approximate surface area is 63.7 Å². The van der Waals surface area contributed by atoms with E-state index in [2.05, 4.69) is 10.3 Å². The summed E-state index contributed by atoms with van der Waals surface area (Å²) in [5.74, 6) is 0. The predicted molar refractivity (Wildman–Crippen MR) is 29.8 cm³/mol. The molecule has 0 saturated heterocycles. The van der Waals surface area contributed by atoms with Crippen LogP contribution in [0.3, 0.4) is 0 Å². The fourth-order valence-electron chi connectivity index (χ4n) is 0.145. The molecule has 2 N–H and O–H groups in total. The molecule has 0 saturated carbocycles. The van der Waals surface area contributed by atoms with Crippen molar-refractivity contribution in [2.24, 2.45) is 10.3 Å². The molecular formula is C4H8FeN2O2+2. The van der Waals surface area contributed by atoms with Gasteiger partial charge in [0.1, 0.15) is 11.4 Å². The Morgan fingerprint density at radius 3 is 1.33 bits per heavy atom. The SMILES string of the molecule is CC(=NO)C(C)=NO.[Fe+2]. The second-order valence-electron chi connectivity index (χ2n) is 1.37. The smallest absolute Gasteiger partial charge is 0.411 e. The van der Waals surface area contributed by atoms with Crippen molar-refractivity contribution in [2.45, 2.75) is 13.8 Å². The Bertz CT molecular complexity index is 117. The minimum absolute atomic E-state index is 0. The van der Waals surface area contributed by atoms with E-state index < -0.39 is 0 Å². The van der Waals surface area contributed by atoms with Gasteiger partial charge in [-0.3, -0.25) is 0 Å². The van der Waals surface area contributed by atoms with E-state index in [1.807, 2.05) is 0 Å². The van der Waals surface area contributed by atoms with Crippen LogP contribution in [-0.2, 0) is 17.1 Å². The van der Waals surface area contributed by atoms with Gasteiger partial charge in [-0.25, -0.2) is 0 Å². The topological polar surface area (TPSA) is 65.2 Å². The van der Waals surface area contributed by atoms with Crippen molar-refractivity contribution >= 4 is 11.4 Å². The van der Waals surface area contributed by atoms with E-state index in [1.165, 1.54) is 13.8 Å². The summed E-state index contributed by atoms with van der Waals surface area (Å²) in [6.45, 7) is 3.07. The summed E-state index contributed by atoms with van der Waals surface area (Å²) in [5.41, 5.74) is 0.625. The third-order valence-corrected chi connectivity index (χ3v) is 0.824. The van der Waals surface area contributed by atoms with Crippen LogP contribution in [0, 0.1) is 0 Å². The van der Waals surface area contributed by atoms with Gasteiger partial charge in [-0.15, -0.1) is 0 Å². The molecule has 0 aliphatic carbocycles. The molecule has 0 unspecified atom stereocenters. The number of hydrogen-bond acceptors (Lipinski definition) is 4. The molecule has 0 heterocycles. The maximum atomic E-state index is 8.03. The molecule has 0 aliphatic rings. The largest absolute Gasteiger partial charge is 2.00 e. The molecule has 0 aromatic heterocycles. The maximum absolute atomic E-state index is 8.03. The Morgan fingerprint density at radius 2 is 1.22 bits per heavy atom. The fourth-order valence-corrected chi connectivity index (χ4v) is 0.145. The van der Waals surface area contributed by atoms with E-state index in [0.29, 0.717) is 11.4 Å². The fraction of sp³-hybridized carbons (Fsp3) is 0.500. The molecule has 9 heavy (non-hydrogen) atoms. The normalized spacial score (nSPS) is 12.7. The molecule has 0 aromatic rings. The number of rotatable bonds is 1. The summed E-state index contributed by atoms with van der Waals surface area (Å²) in [7, 11) is 0. The summed E-state index contributed by atoms with van der Waals surface area (Å²) < 4.78 is 0. The first-order chi connectivity index (χ1) is 3.72. The average Bonchev–Trinajstić information content (AvgIpc) is 1.84. The van der Waals surface area contributed by atoms with Gasteiger partial charge in [-0.2, -0.15) is 0 Å². The van der Waals surface area contributed by atoms with Crippen LogP contribution in [-0.4, -0.2) is 21.8 Å².